The zero-order valence-corrected chi connectivity index (χ0v) is 8.26. The minimum Gasteiger partial charge on any atom is -0.383 e. The first-order chi connectivity index (χ1) is 7.10. The van der Waals surface area contributed by atoms with Crippen LogP contribution in [0.1, 0.15) is 0 Å². The summed E-state index contributed by atoms with van der Waals surface area (Å²) in [4.78, 5) is 25.7. The Morgan fingerprint density at radius 1 is 1.40 bits per heavy atom. The maximum atomic E-state index is 11.0. The van der Waals surface area contributed by atoms with Crippen LogP contribution >= 0.6 is 0 Å². The maximum absolute atomic E-state index is 11.0. The molecule has 0 amide bonds. The third-order valence-corrected chi connectivity index (χ3v) is 1.82. The van der Waals surface area contributed by atoms with Gasteiger partial charge in [0.05, 0.1) is 9.83 Å². The van der Waals surface area contributed by atoms with Gasteiger partial charge in [-0.25, -0.2) is 4.84 Å². The van der Waals surface area contributed by atoms with E-state index in [-0.39, 0.29) is 16.3 Å². The highest BCUT2D eigenvalue weighted by molar-refractivity contribution is 5.64. The van der Waals surface area contributed by atoms with Gasteiger partial charge in [-0.2, -0.15) is 0 Å². The minimum atomic E-state index is -0.571. The van der Waals surface area contributed by atoms with Gasteiger partial charge in [-0.3, -0.25) is 10.1 Å². The van der Waals surface area contributed by atoms with Crippen molar-refractivity contribution in [3.8, 4) is 0 Å². The topological polar surface area (TPSA) is 84.5 Å². The molecule has 0 radical (unpaired) electrons. The van der Waals surface area contributed by atoms with Crippen LogP contribution in [0.15, 0.2) is 18.2 Å². The first kappa shape index (κ1) is 10.9. The van der Waals surface area contributed by atoms with E-state index in [0.29, 0.717) is 5.69 Å². The summed E-state index contributed by atoms with van der Waals surface area (Å²) >= 11 is 0. The zero-order chi connectivity index (χ0) is 11.4. The molecule has 0 heterocycles. The van der Waals surface area contributed by atoms with Crippen molar-refractivity contribution in [3.63, 3.8) is 0 Å². The predicted molar refractivity (Wildman–Crippen MR) is 52.9 cm³/mol. The highest BCUT2D eigenvalue weighted by Gasteiger charge is 2.22. The van der Waals surface area contributed by atoms with Crippen LogP contribution in [0.2, 0.25) is 0 Å². The molecule has 1 N–H and O–H groups in total. The van der Waals surface area contributed by atoms with Gasteiger partial charge in [0.25, 0.3) is 10.6 Å². The SMILES string of the molecule is CNc1ccc([N+](=O)OC)cc1[N+](=O)[O-]. The number of nitrogens with zero attached hydrogens (tertiary/aromatic N) is 2. The molecule has 0 unspecified atom stereocenters. The van der Waals surface area contributed by atoms with Gasteiger partial charge in [-0.1, -0.05) is 0 Å². The van der Waals surface area contributed by atoms with E-state index in [1.807, 2.05) is 0 Å². The minimum absolute atomic E-state index is 0.0724. The number of nitro benzene ring substituents is 1. The Kier molecular flexibility index (Phi) is 3.17. The molecule has 0 aliphatic carbocycles. The van der Waals surface area contributed by atoms with Crippen molar-refractivity contribution in [2.45, 2.75) is 0 Å². The fraction of sp³-hybridized carbons (Fsp3) is 0.250. The Bertz CT molecular complexity index is 405. The number of hydrogen-bond acceptors (Lipinski definition) is 5. The summed E-state index contributed by atoms with van der Waals surface area (Å²) in [5.74, 6) is 0. The normalized spacial score (nSPS) is 9.47. The van der Waals surface area contributed by atoms with Crippen LogP contribution in [-0.2, 0) is 4.84 Å². The summed E-state index contributed by atoms with van der Waals surface area (Å²) in [5, 5.41) is 13.3. The molecule has 0 aliphatic rings. The molecule has 0 saturated carbocycles. The van der Waals surface area contributed by atoms with E-state index in [0.717, 1.165) is 6.07 Å². The standard InChI is InChI=1S/C8H10N3O4/c1-9-7-4-3-6(11(14)15-2)5-8(7)10(12)13/h3-5,9H,1-2H3/q+1. The number of rotatable bonds is 4. The van der Waals surface area contributed by atoms with Gasteiger partial charge in [-0.05, 0) is 6.07 Å². The fourth-order valence-corrected chi connectivity index (χ4v) is 1.10. The lowest BCUT2D eigenvalue weighted by Crippen LogP contribution is -2.01. The number of nitrogens with one attached hydrogen (secondary N) is 1. The number of hydrogen-bond donors (Lipinski definition) is 1. The monoisotopic (exact) mass is 212 g/mol. The lowest BCUT2D eigenvalue weighted by molar-refractivity contribution is -0.736. The van der Waals surface area contributed by atoms with Crippen molar-refractivity contribution >= 4 is 17.1 Å². The maximum Gasteiger partial charge on any atom is 0.323 e. The third kappa shape index (κ3) is 2.19. The Balaban J connectivity index is 3.22. The molecular weight excluding hydrogens is 202 g/mol. The van der Waals surface area contributed by atoms with E-state index in [4.69, 9.17) is 0 Å². The number of benzene rings is 1. The van der Waals surface area contributed by atoms with Crippen molar-refractivity contribution in [1.29, 1.82) is 0 Å². The highest BCUT2D eigenvalue weighted by Crippen LogP contribution is 2.28. The molecule has 0 bridgehead atoms. The molecule has 0 fully saturated rings. The van der Waals surface area contributed by atoms with Gasteiger partial charge < -0.3 is 5.32 Å². The van der Waals surface area contributed by atoms with Crippen molar-refractivity contribution in [1.82, 2.24) is 0 Å². The van der Waals surface area contributed by atoms with Crippen molar-refractivity contribution in [2.75, 3.05) is 19.5 Å². The van der Waals surface area contributed by atoms with Gasteiger partial charge in [0, 0.05) is 13.1 Å². The Morgan fingerprint density at radius 3 is 2.53 bits per heavy atom. The summed E-state index contributed by atoms with van der Waals surface area (Å²) in [7, 11) is 2.75. The second kappa shape index (κ2) is 4.36. The van der Waals surface area contributed by atoms with Gasteiger partial charge >= 0.3 is 5.69 Å². The predicted octanol–water partition coefficient (Wildman–Crippen LogP) is 1.61. The molecule has 7 heteroatoms. The Morgan fingerprint density at radius 2 is 2.07 bits per heavy atom. The van der Waals surface area contributed by atoms with Gasteiger partial charge in [-0.15, -0.1) is 0 Å². The molecular formula is C8H10N3O4+. The second-order valence-corrected chi connectivity index (χ2v) is 2.65. The quantitative estimate of drug-likeness (QED) is 0.605. The van der Waals surface area contributed by atoms with Crippen LogP contribution < -0.4 is 5.32 Å². The summed E-state index contributed by atoms with van der Waals surface area (Å²) in [6.07, 6.45) is 0. The molecule has 0 spiro atoms. The van der Waals surface area contributed by atoms with E-state index in [1.165, 1.54) is 19.2 Å². The van der Waals surface area contributed by atoms with E-state index >= 15 is 0 Å². The average molecular weight is 212 g/mol. The van der Waals surface area contributed by atoms with Crippen LogP contribution in [0.3, 0.4) is 0 Å². The second-order valence-electron chi connectivity index (χ2n) is 2.65. The lowest BCUT2D eigenvalue weighted by atomic mass is 10.2. The van der Waals surface area contributed by atoms with E-state index < -0.39 is 4.92 Å². The van der Waals surface area contributed by atoms with E-state index in [1.54, 1.807) is 7.05 Å². The van der Waals surface area contributed by atoms with Crippen LogP contribution in [0.4, 0.5) is 17.1 Å². The summed E-state index contributed by atoms with van der Waals surface area (Å²) < 4.78 is 0. The van der Waals surface area contributed by atoms with Crippen LogP contribution in [-0.4, -0.2) is 24.0 Å². The van der Waals surface area contributed by atoms with Crippen molar-refractivity contribution in [3.05, 3.63) is 33.2 Å². The summed E-state index contributed by atoms with van der Waals surface area (Å²) in [6, 6.07) is 4.01. The van der Waals surface area contributed by atoms with Crippen molar-refractivity contribution < 1.29 is 14.7 Å². The Hall–Kier alpha value is -2.18. The highest BCUT2D eigenvalue weighted by atomic mass is 16.8. The van der Waals surface area contributed by atoms with Crippen LogP contribution in [0.25, 0.3) is 0 Å². The first-order valence-electron chi connectivity index (χ1n) is 4.07. The lowest BCUT2D eigenvalue weighted by Gasteiger charge is -1.99. The van der Waals surface area contributed by atoms with E-state index in [9.17, 15) is 15.0 Å². The van der Waals surface area contributed by atoms with E-state index in [2.05, 4.69) is 10.2 Å². The largest absolute Gasteiger partial charge is 0.383 e. The van der Waals surface area contributed by atoms with Crippen molar-refractivity contribution in [2.24, 2.45) is 0 Å². The molecule has 15 heavy (non-hydrogen) atoms. The average Bonchev–Trinajstić information content (AvgIpc) is 2.27. The number of nitro groups is 1. The zero-order valence-electron chi connectivity index (χ0n) is 8.26. The first-order valence-corrected chi connectivity index (χ1v) is 4.07. The van der Waals surface area contributed by atoms with Crippen LogP contribution in [0.5, 0.6) is 0 Å². The smallest absolute Gasteiger partial charge is 0.323 e. The summed E-state index contributed by atoms with van der Waals surface area (Å²) in [6.45, 7) is 0. The molecule has 7 nitrogen and oxygen atoms in total. The van der Waals surface area contributed by atoms with Crippen LogP contribution in [0, 0.1) is 15.0 Å². The molecule has 0 saturated heterocycles. The molecule has 0 aromatic heterocycles. The molecule has 1 aromatic rings. The third-order valence-electron chi connectivity index (χ3n) is 1.82. The number of anilines is 1. The molecule has 80 valence electrons. The fourth-order valence-electron chi connectivity index (χ4n) is 1.10. The van der Waals surface area contributed by atoms with Gasteiger partial charge in [0.2, 0.25) is 0 Å². The summed E-state index contributed by atoms with van der Waals surface area (Å²) in [5.41, 5.74) is 0.240. The molecule has 1 aromatic carbocycles. The molecule has 0 atom stereocenters. The molecule has 0 aliphatic heterocycles. The molecule has 1 rings (SSSR count). The van der Waals surface area contributed by atoms with Gasteiger partial charge in [0.15, 0.2) is 7.11 Å². The van der Waals surface area contributed by atoms with Gasteiger partial charge in [0.1, 0.15) is 11.8 Å². The Labute approximate surface area is 85.3 Å².